The second-order valence-corrected chi connectivity index (χ2v) is 5.04. The summed E-state index contributed by atoms with van der Waals surface area (Å²) >= 11 is 0. The summed E-state index contributed by atoms with van der Waals surface area (Å²) in [6.07, 6.45) is 4.48. The van der Waals surface area contributed by atoms with E-state index < -0.39 is 0 Å². The van der Waals surface area contributed by atoms with Gasteiger partial charge in [0, 0.05) is 18.5 Å². The van der Waals surface area contributed by atoms with Gasteiger partial charge in [0.05, 0.1) is 6.07 Å². The summed E-state index contributed by atoms with van der Waals surface area (Å²) in [6.45, 7) is 1.02. The van der Waals surface area contributed by atoms with Gasteiger partial charge in [-0.15, -0.1) is 0 Å². The summed E-state index contributed by atoms with van der Waals surface area (Å²) in [7, 11) is 2.20. The summed E-state index contributed by atoms with van der Waals surface area (Å²) in [6, 6.07) is 13.6. The molecule has 0 N–H and O–H groups in total. The van der Waals surface area contributed by atoms with Crippen molar-refractivity contribution in [3.05, 3.63) is 35.9 Å². The van der Waals surface area contributed by atoms with Crippen molar-refractivity contribution in [3.63, 3.8) is 0 Å². The van der Waals surface area contributed by atoms with E-state index >= 15 is 0 Å². The van der Waals surface area contributed by atoms with Crippen LogP contribution in [0, 0.1) is 17.2 Å². The van der Waals surface area contributed by atoms with Crippen molar-refractivity contribution in [1.29, 1.82) is 5.26 Å². The Hall–Kier alpha value is -1.33. The van der Waals surface area contributed by atoms with Crippen LogP contribution in [0.5, 0.6) is 0 Å². The van der Waals surface area contributed by atoms with E-state index in [0.717, 1.165) is 19.4 Å². The molecular formula is C15H20N2. The van der Waals surface area contributed by atoms with E-state index in [1.807, 2.05) is 0 Å². The molecular weight excluding hydrogens is 208 g/mol. The van der Waals surface area contributed by atoms with Gasteiger partial charge in [0.1, 0.15) is 0 Å². The zero-order valence-electron chi connectivity index (χ0n) is 10.5. The monoisotopic (exact) mass is 228 g/mol. The fourth-order valence-electron chi connectivity index (χ4n) is 2.65. The minimum absolute atomic E-state index is 0.302. The molecule has 2 heteroatoms. The number of rotatable bonds is 3. The fraction of sp³-hybridized carbons (Fsp3) is 0.533. The van der Waals surface area contributed by atoms with Crippen LogP contribution in [0.15, 0.2) is 30.3 Å². The topological polar surface area (TPSA) is 27.0 Å². The Labute approximate surface area is 104 Å². The van der Waals surface area contributed by atoms with Gasteiger partial charge in [-0.1, -0.05) is 30.3 Å². The van der Waals surface area contributed by atoms with Gasteiger partial charge in [-0.25, -0.2) is 0 Å². The molecule has 0 amide bonds. The van der Waals surface area contributed by atoms with Gasteiger partial charge in [-0.3, -0.25) is 4.90 Å². The first-order valence-corrected chi connectivity index (χ1v) is 6.43. The van der Waals surface area contributed by atoms with Gasteiger partial charge in [0.15, 0.2) is 0 Å². The highest BCUT2D eigenvalue weighted by atomic mass is 15.1. The number of nitriles is 1. The van der Waals surface area contributed by atoms with Gasteiger partial charge in [0.25, 0.3) is 0 Å². The van der Waals surface area contributed by atoms with Gasteiger partial charge >= 0.3 is 0 Å². The van der Waals surface area contributed by atoms with E-state index in [-0.39, 0.29) is 0 Å². The second kappa shape index (κ2) is 5.84. The molecule has 0 aromatic heterocycles. The summed E-state index contributed by atoms with van der Waals surface area (Å²) in [4.78, 5) is 2.43. The van der Waals surface area contributed by atoms with Gasteiger partial charge in [-0.2, -0.15) is 5.26 Å². The van der Waals surface area contributed by atoms with Crippen LogP contribution < -0.4 is 0 Å². The lowest BCUT2D eigenvalue weighted by Gasteiger charge is -2.32. The van der Waals surface area contributed by atoms with Crippen LogP contribution in [0.4, 0.5) is 0 Å². The molecule has 1 aliphatic carbocycles. The number of benzene rings is 1. The molecule has 0 aliphatic heterocycles. The summed E-state index contributed by atoms with van der Waals surface area (Å²) in [5.41, 5.74) is 1.37. The highest BCUT2D eigenvalue weighted by Gasteiger charge is 2.23. The molecule has 0 spiro atoms. The molecule has 17 heavy (non-hydrogen) atoms. The molecule has 0 saturated heterocycles. The number of hydrogen-bond acceptors (Lipinski definition) is 2. The average molecular weight is 228 g/mol. The molecule has 1 saturated carbocycles. The van der Waals surface area contributed by atoms with Crippen molar-refractivity contribution < 1.29 is 0 Å². The maximum absolute atomic E-state index is 8.89. The number of nitrogens with zero attached hydrogens (tertiary/aromatic N) is 2. The predicted octanol–water partition coefficient (Wildman–Crippen LogP) is 3.20. The summed E-state index contributed by atoms with van der Waals surface area (Å²) < 4.78 is 0. The molecule has 0 heterocycles. The Morgan fingerprint density at radius 1 is 1.18 bits per heavy atom. The first kappa shape index (κ1) is 12.1. The maximum Gasteiger partial charge on any atom is 0.0655 e. The highest BCUT2D eigenvalue weighted by molar-refractivity contribution is 5.14. The average Bonchev–Trinajstić information content (AvgIpc) is 2.40. The molecule has 1 fully saturated rings. The Morgan fingerprint density at radius 2 is 1.82 bits per heavy atom. The van der Waals surface area contributed by atoms with Crippen LogP contribution in [0.1, 0.15) is 31.2 Å². The lowest BCUT2D eigenvalue weighted by molar-refractivity contribution is 0.171. The molecule has 1 aromatic rings. The van der Waals surface area contributed by atoms with Gasteiger partial charge < -0.3 is 0 Å². The Morgan fingerprint density at radius 3 is 2.41 bits per heavy atom. The third-order valence-electron chi connectivity index (χ3n) is 3.78. The zero-order chi connectivity index (χ0) is 12.1. The van der Waals surface area contributed by atoms with Crippen LogP contribution in [0.25, 0.3) is 0 Å². The van der Waals surface area contributed by atoms with Gasteiger partial charge in [-0.05, 0) is 38.3 Å². The predicted molar refractivity (Wildman–Crippen MR) is 69.3 cm³/mol. The molecule has 2 nitrogen and oxygen atoms in total. The van der Waals surface area contributed by atoms with Crippen LogP contribution in [-0.4, -0.2) is 18.0 Å². The van der Waals surface area contributed by atoms with Crippen molar-refractivity contribution in [2.45, 2.75) is 38.3 Å². The van der Waals surface area contributed by atoms with Crippen LogP contribution in [-0.2, 0) is 6.54 Å². The molecule has 0 bridgehead atoms. The fourth-order valence-corrected chi connectivity index (χ4v) is 2.65. The standard InChI is InChI=1S/C15H20N2/c1-17(12-14-5-3-2-4-6-14)15-9-7-13(11-16)8-10-15/h2-6,13,15H,7-10,12H2,1H3. The van der Waals surface area contributed by atoms with E-state index in [1.54, 1.807) is 0 Å². The minimum Gasteiger partial charge on any atom is -0.299 e. The van der Waals surface area contributed by atoms with E-state index in [1.165, 1.54) is 18.4 Å². The molecule has 2 rings (SSSR count). The number of hydrogen-bond donors (Lipinski definition) is 0. The molecule has 1 aliphatic rings. The third kappa shape index (κ3) is 3.31. The van der Waals surface area contributed by atoms with Crippen molar-refractivity contribution in [2.24, 2.45) is 5.92 Å². The minimum atomic E-state index is 0.302. The Kier molecular flexibility index (Phi) is 4.17. The second-order valence-electron chi connectivity index (χ2n) is 5.04. The van der Waals surface area contributed by atoms with Crippen molar-refractivity contribution in [2.75, 3.05) is 7.05 Å². The largest absolute Gasteiger partial charge is 0.299 e. The summed E-state index contributed by atoms with van der Waals surface area (Å²) in [5, 5.41) is 8.89. The first-order valence-electron chi connectivity index (χ1n) is 6.43. The first-order chi connectivity index (χ1) is 8.29. The third-order valence-corrected chi connectivity index (χ3v) is 3.78. The van der Waals surface area contributed by atoms with Crippen molar-refractivity contribution in [1.82, 2.24) is 4.90 Å². The van der Waals surface area contributed by atoms with Crippen LogP contribution in [0.3, 0.4) is 0 Å². The lowest BCUT2D eigenvalue weighted by Crippen LogP contribution is -2.34. The molecule has 90 valence electrons. The SMILES string of the molecule is CN(Cc1ccccc1)C1CCC(C#N)CC1. The van der Waals surface area contributed by atoms with Crippen LogP contribution >= 0.6 is 0 Å². The van der Waals surface area contributed by atoms with Gasteiger partial charge in [0.2, 0.25) is 0 Å². The molecule has 0 atom stereocenters. The zero-order valence-corrected chi connectivity index (χ0v) is 10.5. The molecule has 0 unspecified atom stereocenters. The Bertz CT molecular complexity index is 372. The van der Waals surface area contributed by atoms with Crippen molar-refractivity contribution in [3.8, 4) is 6.07 Å². The molecule has 0 radical (unpaired) electrons. The van der Waals surface area contributed by atoms with E-state index in [0.29, 0.717) is 12.0 Å². The quantitative estimate of drug-likeness (QED) is 0.794. The van der Waals surface area contributed by atoms with E-state index in [2.05, 4.69) is 48.3 Å². The normalized spacial score (nSPS) is 24.5. The summed E-state index contributed by atoms with van der Waals surface area (Å²) in [5.74, 6) is 0.302. The van der Waals surface area contributed by atoms with E-state index in [4.69, 9.17) is 5.26 Å². The Balaban J connectivity index is 1.85. The lowest BCUT2D eigenvalue weighted by atomic mass is 9.86. The maximum atomic E-state index is 8.89. The smallest absolute Gasteiger partial charge is 0.0655 e. The highest BCUT2D eigenvalue weighted by Crippen LogP contribution is 2.27. The van der Waals surface area contributed by atoms with Crippen LogP contribution in [0.2, 0.25) is 0 Å². The molecule has 1 aromatic carbocycles. The van der Waals surface area contributed by atoms with Crippen molar-refractivity contribution >= 4 is 0 Å². The van der Waals surface area contributed by atoms with E-state index in [9.17, 15) is 0 Å².